The molecule has 1 N–H and O–H groups in total. The molecular weight excluding hydrogens is 262 g/mol. The standard InChI is InChI=1S/C13H15N3O2S/c1-3-18-11-5-4-10(6-14-11)13(17)15-7-12-16-9(2)8-19-12/h4-6,8H,3,7H2,1-2H3,(H,15,17). The third-order valence-corrected chi connectivity index (χ3v) is 3.32. The second kappa shape index (κ2) is 6.29. The Morgan fingerprint density at radius 3 is 2.89 bits per heavy atom. The van der Waals surface area contributed by atoms with E-state index >= 15 is 0 Å². The summed E-state index contributed by atoms with van der Waals surface area (Å²) in [7, 11) is 0. The van der Waals surface area contributed by atoms with Gasteiger partial charge in [-0.3, -0.25) is 4.79 Å². The van der Waals surface area contributed by atoms with Crippen molar-refractivity contribution >= 4 is 17.2 Å². The normalized spacial score (nSPS) is 10.2. The maximum atomic E-state index is 11.9. The highest BCUT2D eigenvalue weighted by Gasteiger charge is 2.07. The number of hydrogen-bond acceptors (Lipinski definition) is 5. The minimum absolute atomic E-state index is 0.164. The summed E-state index contributed by atoms with van der Waals surface area (Å²) in [6.45, 7) is 4.81. The summed E-state index contributed by atoms with van der Waals surface area (Å²) in [5, 5.41) is 5.66. The van der Waals surface area contributed by atoms with Crippen LogP contribution in [-0.2, 0) is 6.54 Å². The summed E-state index contributed by atoms with van der Waals surface area (Å²) in [5.41, 5.74) is 1.48. The van der Waals surface area contributed by atoms with E-state index in [1.54, 1.807) is 12.1 Å². The van der Waals surface area contributed by atoms with Crippen molar-refractivity contribution in [1.82, 2.24) is 15.3 Å². The number of ether oxygens (including phenoxy) is 1. The lowest BCUT2D eigenvalue weighted by Gasteiger charge is -2.04. The fourth-order valence-corrected chi connectivity index (χ4v) is 2.20. The monoisotopic (exact) mass is 277 g/mol. The van der Waals surface area contributed by atoms with Crippen LogP contribution in [0.1, 0.15) is 28.0 Å². The Morgan fingerprint density at radius 2 is 2.32 bits per heavy atom. The van der Waals surface area contributed by atoms with Crippen LogP contribution < -0.4 is 10.1 Å². The number of hydrogen-bond donors (Lipinski definition) is 1. The summed E-state index contributed by atoms with van der Waals surface area (Å²) >= 11 is 1.53. The zero-order valence-electron chi connectivity index (χ0n) is 10.8. The number of rotatable bonds is 5. The van der Waals surface area contributed by atoms with Gasteiger partial charge in [0.2, 0.25) is 5.88 Å². The van der Waals surface area contributed by atoms with Crippen molar-refractivity contribution < 1.29 is 9.53 Å². The number of aromatic nitrogens is 2. The summed E-state index contributed by atoms with van der Waals surface area (Å²) in [6.07, 6.45) is 1.51. The third kappa shape index (κ3) is 3.75. The lowest BCUT2D eigenvalue weighted by molar-refractivity contribution is 0.0950. The molecule has 5 nitrogen and oxygen atoms in total. The predicted molar refractivity (Wildman–Crippen MR) is 73.4 cm³/mol. The molecule has 0 saturated heterocycles. The minimum Gasteiger partial charge on any atom is -0.478 e. The van der Waals surface area contributed by atoms with Gasteiger partial charge >= 0.3 is 0 Å². The lowest BCUT2D eigenvalue weighted by atomic mass is 10.2. The van der Waals surface area contributed by atoms with E-state index in [0.717, 1.165) is 10.7 Å². The van der Waals surface area contributed by atoms with E-state index in [1.165, 1.54) is 17.5 Å². The highest BCUT2D eigenvalue weighted by Crippen LogP contribution is 2.10. The van der Waals surface area contributed by atoms with Crippen LogP contribution in [0.2, 0.25) is 0 Å². The molecule has 2 heterocycles. The second-order valence-electron chi connectivity index (χ2n) is 3.88. The second-order valence-corrected chi connectivity index (χ2v) is 4.83. The number of thiazole rings is 1. The van der Waals surface area contributed by atoms with Gasteiger partial charge in [0, 0.05) is 23.3 Å². The first-order valence-corrected chi connectivity index (χ1v) is 6.85. The van der Waals surface area contributed by atoms with Crippen LogP contribution in [0, 0.1) is 6.92 Å². The molecular formula is C13H15N3O2S. The van der Waals surface area contributed by atoms with Gasteiger partial charge in [-0.2, -0.15) is 0 Å². The summed E-state index contributed by atoms with van der Waals surface area (Å²) in [6, 6.07) is 3.38. The molecule has 100 valence electrons. The van der Waals surface area contributed by atoms with Crippen LogP contribution in [-0.4, -0.2) is 22.5 Å². The molecule has 0 unspecified atom stereocenters. The zero-order valence-corrected chi connectivity index (χ0v) is 11.7. The Kier molecular flexibility index (Phi) is 4.46. The first-order chi connectivity index (χ1) is 9.19. The average Bonchev–Trinajstić information content (AvgIpc) is 2.83. The van der Waals surface area contributed by atoms with Crippen LogP contribution in [0.5, 0.6) is 5.88 Å². The van der Waals surface area contributed by atoms with Crippen molar-refractivity contribution in [2.24, 2.45) is 0 Å². The molecule has 6 heteroatoms. The molecule has 0 atom stereocenters. The van der Waals surface area contributed by atoms with Gasteiger partial charge in [0.25, 0.3) is 5.91 Å². The van der Waals surface area contributed by atoms with E-state index in [2.05, 4.69) is 15.3 Å². The van der Waals surface area contributed by atoms with E-state index in [9.17, 15) is 4.79 Å². The maximum Gasteiger partial charge on any atom is 0.253 e. The number of pyridine rings is 1. The third-order valence-electron chi connectivity index (χ3n) is 2.36. The maximum absolute atomic E-state index is 11.9. The molecule has 0 saturated carbocycles. The van der Waals surface area contributed by atoms with Crippen LogP contribution in [0.15, 0.2) is 23.7 Å². The predicted octanol–water partition coefficient (Wildman–Crippen LogP) is 2.18. The highest BCUT2D eigenvalue weighted by atomic mass is 32.1. The molecule has 0 radical (unpaired) electrons. The first-order valence-electron chi connectivity index (χ1n) is 5.97. The topological polar surface area (TPSA) is 64.1 Å². The van der Waals surface area contributed by atoms with Crippen molar-refractivity contribution in [2.75, 3.05) is 6.61 Å². The SMILES string of the molecule is CCOc1ccc(C(=O)NCc2nc(C)cs2)cn1. The van der Waals surface area contributed by atoms with E-state index in [0.29, 0.717) is 24.6 Å². The number of amides is 1. The fourth-order valence-electron chi connectivity index (χ4n) is 1.49. The van der Waals surface area contributed by atoms with Crippen molar-refractivity contribution in [1.29, 1.82) is 0 Å². The first kappa shape index (κ1) is 13.5. The molecule has 0 aliphatic rings. The van der Waals surface area contributed by atoms with Crippen LogP contribution in [0.3, 0.4) is 0 Å². The van der Waals surface area contributed by atoms with E-state index in [1.807, 2.05) is 19.2 Å². The van der Waals surface area contributed by atoms with Crippen molar-refractivity contribution in [2.45, 2.75) is 20.4 Å². The van der Waals surface area contributed by atoms with E-state index < -0.39 is 0 Å². The molecule has 2 aromatic heterocycles. The Hall–Kier alpha value is -1.95. The molecule has 0 aliphatic heterocycles. The van der Waals surface area contributed by atoms with Crippen molar-refractivity contribution in [3.63, 3.8) is 0 Å². The van der Waals surface area contributed by atoms with Gasteiger partial charge in [-0.05, 0) is 19.9 Å². The van der Waals surface area contributed by atoms with Crippen LogP contribution >= 0.6 is 11.3 Å². The largest absolute Gasteiger partial charge is 0.478 e. The number of carbonyl (C=O) groups excluding carboxylic acids is 1. The highest BCUT2D eigenvalue weighted by molar-refractivity contribution is 7.09. The lowest BCUT2D eigenvalue weighted by Crippen LogP contribution is -2.22. The van der Waals surface area contributed by atoms with Crippen LogP contribution in [0.4, 0.5) is 0 Å². The molecule has 19 heavy (non-hydrogen) atoms. The Morgan fingerprint density at radius 1 is 1.47 bits per heavy atom. The molecule has 0 bridgehead atoms. The molecule has 0 aromatic carbocycles. The smallest absolute Gasteiger partial charge is 0.253 e. The van der Waals surface area contributed by atoms with Crippen molar-refractivity contribution in [3.8, 4) is 5.88 Å². The number of carbonyl (C=O) groups is 1. The number of nitrogens with one attached hydrogen (secondary N) is 1. The molecule has 1 amide bonds. The minimum atomic E-state index is -0.164. The summed E-state index contributed by atoms with van der Waals surface area (Å²) in [5.74, 6) is 0.359. The van der Waals surface area contributed by atoms with Crippen LogP contribution in [0.25, 0.3) is 0 Å². The van der Waals surface area contributed by atoms with Gasteiger partial charge in [0.15, 0.2) is 0 Å². The van der Waals surface area contributed by atoms with Gasteiger partial charge in [-0.1, -0.05) is 0 Å². The summed E-state index contributed by atoms with van der Waals surface area (Å²) < 4.78 is 5.22. The quantitative estimate of drug-likeness (QED) is 0.909. The Bertz CT molecular complexity index is 551. The van der Waals surface area contributed by atoms with E-state index in [4.69, 9.17) is 4.74 Å². The molecule has 2 rings (SSSR count). The number of nitrogens with zero attached hydrogens (tertiary/aromatic N) is 2. The molecule has 0 spiro atoms. The van der Waals surface area contributed by atoms with E-state index in [-0.39, 0.29) is 5.91 Å². The zero-order chi connectivity index (χ0) is 13.7. The van der Waals surface area contributed by atoms with Gasteiger partial charge in [0.05, 0.1) is 18.7 Å². The molecule has 0 aliphatic carbocycles. The molecule has 2 aromatic rings. The Balaban J connectivity index is 1.92. The summed E-state index contributed by atoms with van der Waals surface area (Å²) in [4.78, 5) is 20.2. The molecule has 0 fully saturated rings. The van der Waals surface area contributed by atoms with Gasteiger partial charge in [-0.25, -0.2) is 9.97 Å². The average molecular weight is 277 g/mol. The number of aryl methyl sites for hydroxylation is 1. The van der Waals surface area contributed by atoms with Gasteiger partial charge in [-0.15, -0.1) is 11.3 Å². The fraction of sp³-hybridized carbons (Fsp3) is 0.308. The van der Waals surface area contributed by atoms with Gasteiger partial charge < -0.3 is 10.1 Å². The van der Waals surface area contributed by atoms with Gasteiger partial charge in [0.1, 0.15) is 5.01 Å². The Labute approximate surface area is 115 Å². The van der Waals surface area contributed by atoms with Crippen molar-refractivity contribution in [3.05, 3.63) is 40.0 Å².